The summed E-state index contributed by atoms with van der Waals surface area (Å²) < 4.78 is 81.8. The first-order valence-corrected chi connectivity index (χ1v) is 11.9. The molecule has 2 saturated heterocycles. The Bertz CT molecular complexity index is 951. The van der Waals surface area contributed by atoms with Crippen LogP contribution in [0.15, 0.2) is 17.0 Å². The molecule has 0 saturated carbocycles. The number of hydrogen-bond donors (Lipinski definition) is 0. The highest BCUT2D eigenvalue weighted by Gasteiger charge is 2.34. The first kappa shape index (κ1) is 25.5. The molecule has 3 rings (SSSR count). The summed E-state index contributed by atoms with van der Waals surface area (Å²) in [5.41, 5.74) is -0.0204. The number of halogens is 3. The lowest BCUT2D eigenvalue weighted by molar-refractivity contribution is -0.145. The number of carbonyl (C=O) groups excluding carboxylic acids is 1. The van der Waals surface area contributed by atoms with Gasteiger partial charge in [-0.15, -0.1) is 0 Å². The summed E-state index contributed by atoms with van der Waals surface area (Å²) in [6, 6.07) is 2.54. The third kappa shape index (κ3) is 6.08. The van der Waals surface area contributed by atoms with E-state index in [2.05, 4.69) is 0 Å². The van der Waals surface area contributed by atoms with Gasteiger partial charge in [-0.1, -0.05) is 0 Å². The molecule has 2 fully saturated rings. The predicted molar refractivity (Wildman–Crippen MR) is 112 cm³/mol. The summed E-state index contributed by atoms with van der Waals surface area (Å²) in [6.45, 7) is 0.411. The summed E-state index contributed by atoms with van der Waals surface area (Å²) in [4.78, 5) is 15.9. The van der Waals surface area contributed by atoms with Crippen molar-refractivity contribution in [3.63, 3.8) is 0 Å². The minimum absolute atomic E-state index is 0.0204. The van der Waals surface area contributed by atoms with Gasteiger partial charge in [-0.25, -0.2) is 8.42 Å². The number of hydrogen-bond acceptors (Lipinski definition) is 7. The summed E-state index contributed by atoms with van der Waals surface area (Å²) >= 11 is 0. The first-order chi connectivity index (χ1) is 15.6. The lowest BCUT2D eigenvalue weighted by Crippen LogP contribution is -2.41. The molecular weight excluding hydrogens is 467 g/mol. The van der Waals surface area contributed by atoms with Gasteiger partial charge in [0.2, 0.25) is 10.0 Å². The second-order valence-corrected chi connectivity index (χ2v) is 9.70. The van der Waals surface area contributed by atoms with Crippen molar-refractivity contribution in [2.24, 2.45) is 0 Å². The van der Waals surface area contributed by atoms with E-state index in [0.717, 1.165) is 0 Å². The van der Waals surface area contributed by atoms with Crippen molar-refractivity contribution in [2.75, 3.05) is 73.2 Å². The Morgan fingerprint density at radius 2 is 1.73 bits per heavy atom. The van der Waals surface area contributed by atoms with Gasteiger partial charge in [-0.3, -0.25) is 9.69 Å². The van der Waals surface area contributed by atoms with Gasteiger partial charge in [0.25, 0.3) is 5.91 Å². The molecule has 0 aliphatic carbocycles. The molecule has 1 amide bonds. The van der Waals surface area contributed by atoms with Gasteiger partial charge in [0.05, 0.1) is 44.4 Å². The SMILES string of the molecule is COc1cc(S(=O)(=O)N2CCOCC2)cc(C(=O)N2CCCN(CC(F)(F)F)CC2)c1OC. The second-order valence-electron chi connectivity index (χ2n) is 7.76. The number of alkyl halides is 3. The maximum absolute atomic E-state index is 13.4. The zero-order valence-corrected chi connectivity index (χ0v) is 19.4. The Labute approximate surface area is 191 Å². The number of amides is 1. The number of benzene rings is 1. The Balaban J connectivity index is 1.91. The van der Waals surface area contributed by atoms with E-state index in [1.807, 2.05) is 0 Å². The normalized spacial score (nSPS) is 19.2. The van der Waals surface area contributed by atoms with Crippen LogP contribution in [0.5, 0.6) is 11.5 Å². The molecule has 33 heavy (non-hydrogen) atoms. The molecule has 2 aliphatic rings. The quantitative estimate of drug-likeness (QED) is 0.590. The summed E-state index contributed by atoms with van der Waals surface area (Å²) in [7, 11) is -1.27. The molecule has 186 valence electrons. The first-order valence-electron chi connectivity index (χ1n) is 10.5. The molecule has 0 atom stereocenters. The molecule has 0 unspecified atom stereocenters. The van der Waals surface area contributed by atoms with E-state index in [1.165, 1.54) is 40.5 Å². The summed E-state index contributed by atoms with van der Waals surface area (Å²) in [6.07, 6.45) is -3.97. The minimum atomic E-state index is -4.32. The number of morpholine rings is 1. The fraction of sp³-hybridized carbons (Fsp3) is 0.650. The zero-order valence-electron chi connectivity index (χ0n) is 18.6. The summed E-state index contributed by atoms with van der Waals surface area (Å²) in [5, 5.41) is 0. The van der Waals surface area contributed by atoms with Gasteiger partial charge >= 0.3 is 6.18 Å². The fourth-order valence-corrected chi connectivity index (χ4v) is 5.39. The molecule has 2 heterocycles. The van der Waals surface area contributed by atoms with Crippen LogP contribution < -0.4 is 9.47 Å². The van der Waals surface area contributed by atoms with Crippen LogP contribution in [0.3, 0.4) is 0 Å². The van der Waals surface area contributed by atoms with E-state index in [9.17, 15) is 26.4 Å². The van der Waals surface area contributed by atoms with Crippen molar-refractivity contribution < 1.29 is 40.6 Å². The Morgan fingerprint density at radius 1 is 1.03 bits per heavy atom. The van der Waals surface area contributed by atoms with Crippen molar-refractivity contribution >= 4 is 15.9 Å². The van der Waals surface area contributed by atoms with E-state index in [-0.39, 0.29) is 74.4 Å². The third-order valence-corrected chi connectivity index (χ3v) is 7.45. The largest absolute Gasteiger partial charge is 0.493 e. The Hall–Kier alpha value is -2.09. The van der Waals surface area contributed by atoms with Crippen LogP contribution in [-0.2, 0) is 14.8 Å². The standard InChI is InChI=1S/C20H28F3N3O6S/c1-30-17-13-15(33(28,29)26-8-10-32-11-9-26)12-16(18(17)31-2)19(27)25-5-3-4-24(6-7-25)14-20(21,22)23/h12-13H,3-11,14H2,1-2H3. The van der Waals surface area contributed by atoms with Crippen LogP contribution >= 0.6 is 0 Å². The predicted octanol–water partition coefficient (Wildman–Crippen LogP) is 1.43. The average Bonchev–Trinajstić information content (AvgIpc) is 3.02. The summed E-state index contributed by atoms with van der Waals surface area (Å²) in [5.74, 6) is -0.387. The fourth-order valence-electron chi connectivity index (χ4n) is 3.94. The number of carbonyl (C=O) groups is 1. The number of methoxy groups -OCH3 is 2. The topological polar surface area (TPSA) is 88.6 Å². The lowest BCUT2D eigenvalue weighted by atomic mass is 10.1. The number of rotatable bonds is 6. The molecule has 2 aliphatic heterocycles. The van der Waals surface area contributed by atoms with Crippen molar-refractivity contribution in [1.82, 2.24) is 14.1 Å². The van der Waals surface area contributed by atoms with E-state index in [0.29, 0.717) is 6.42 Å². The number of sulfonamides is 1. The molecule has 1 aromatic carbocycles. The van der Waals surface area contributed by atoms with Crippen molar-refractivity contribution in [2.45, 2.75) is 17.5 Å². The van der Waals surface area contributed by atoms with E-state index in [4.69, 9.17) is 14.2 Å². The lowest BCUT2D eigenvalue weighted by Gasteiger charge is -2.27. The van der Waals surface area contributed by atoms with Gasteiger partial charge in [0, 0.05) is 45.3 Å². The van der Waals surface area contributed by atoms with Gasteiger partial charge in [0.15, 0.2) is 11.5 Å². The van der Waals surface area contributed by atoms with Crippen LogP contribution in [0.25, 0.3) is 0 Å². The maximum Gasteiger partial charge on any atom is 0.401 e. The molecule has 0 spiro atoms. The molecular formula is C20H28F3N3O6S. The van der Waals surface area contributed by atoms with Gasteiger partial charge in [0.1, 0.15) is 0 Å². The van der Waals surface area contributed by atoms with Crippen LogP contribution in [-0.4, -0.2) is 108 Å². The molecule has 0 bridgehead atoms. The zero-order chi connectivity index (χ0) is 24.2. The maximum atomic E-state index is 13.4. The van der Waals surface area contributed by atoms with E-state index < -0.39 is 28.7 Å². The Kier molecular flexibility index (Phi) is 8.08. The van der Waals surface area contributed by atoms with Crippen LogP contribution in [0.2, 0.25) is 0 Å². The molecule has 0 radical (unpaired) electrons. The van der Waals surface area contributed by atoms with Crippen LogP contribution in [0.4, 0.5) is 13.2 Å². The van der Waals surface area contributed by atoms with Gasteiger partial charge in [-0.2, -0.15) is 17.5 Å². The third-order valence-electron chi connectivity index (χ3n) is 5.57. The highest BCUT2D eigenvalue weighted by molar-refractivity contribution is 7.89. The number of nitrogens with zero attached hydrogens (tertiary/aromatic N) is 3. The molecule has 13 heteroatoms. The molecule has 1 aromatic rings. The number of ether oxygens (including phenoxy) is 3. The van der Waals surface area contributed by atoms with Crippen molar-refractivity contribution in [3.05, 3.63) is 17.7 Å². The molecule has 0 aromatic heterocycles. The Morgan fingerprint density at radius 3 is 2.33 bits per heavy atom. The highest BCUT2D eigenvalue weighted by Crippen LogP contribution is 2.36. The second kappa shape index (κ2) is 10.5. The smallest absolute Gasteiger partial charge is 0.401 e. The van der Waals surface area contributed by atoms with Crippen molar-refractivity contribution in [3.8, 4) is 11.5 Å². The van der Waals surface area contributed by atoms with Gasteiger partial charge in [-0.05, 0) is 12.5 Å². The monoisotopic (exact) mass is 495 g/mol. The van der Waals surface area contributed by atoms with E-state index >= 15 is 0 Å². The minimum Gasteiger partial charge on any atom is -0.493 e. The highest BCUT2D eigenvalue weighted by atomic mass is 32.2. The van der Waals surface area contributed by atoms with Crippen LogP contribution in [0.1, 0.15) is 16.8 Å². The van der Waals surface area contributed by atoms with Crippen LogP contribution in [0, 0.1) is 0 Å². The van der Waals surface area contributed by atoms with Crippen molar-refractivity contribution in [1.29, 1.82) is 0 Å². The molecule has 9 nitrogen and oxygen atoms in total. The molecule has 0 N–H and O–H groups in total. The van der Waals surface area contributed by atoms with E-state index in [1.54, 1.807) is 0 Å². The average molecular weight is 496 g/mol. The van der Waals surface area contributed by atoms with Gasteiger partial charge < -0.3 is 19.1 Å².